The molecule has 0 radical (unpaired) electrons. The number of carbonyl (C=O) groups is 1. The number of benzene rings is 1. The van der Waals surface area contributed by atoms with Gasteiger partial charge in [0, 0.05) is 42.6 Å². The van der Waals surface area contributed by atoms with Gasteiger partial charge in [0.25, 0.3) is 0 Å². The standard InChI is InChI=1S/C18H24O.C2H6.I2/c1-5-18(4)10-9-14(3)16(17(18)19)12-15-8-6-7-13(2)11-15;2*1-2/h6-8,11-12,14H,5,9-10H2,1-4H3;1-2H3;/b16-12+;;. The van der Waals surface area contributed by atoms with Gasteiger partial charge in [-0.3, -0.25) is 4.79 Å². The highest BCUT2D eigenvalue weighted by atomic mass is 128. The van der Waals surface area contributed by atoms with Crippen molar-refractivity contribution in [3.63, 3.8) is 0 Å². The lowest BCUT2D eigenvalue weighted by molar-refractivity contribution is -0.126. The summed E-state index contributed by atoms with van der Waals surface area (Å²) in [5, 5.41) is 0. The molecule has 0 saturated heterocycles. The minimum atomic E-state index is -0.151. The van der Waals surface area contributed by atoms with Crippen LogP contribution in [-0.2, 0) is 4.79 Å². The number of rotatable bonds is 2. The fourth-order valence-electron chi connectivity index (χ4n) is 2.86. The van der Waals surface area contributed by atoms with Crippen LogP contribution in [0.2, 0.25) is 0 Å². The van der Waals surface area contributed by atoms with Gasteiger partial charge in [-0.2, -0.15) is 0 Å². The maximum Gasteiger partial charge on any atom is 0.164 e. The molecule has 1 saturated carbocycles. The van der Waals surface area contributed by atoms with Crippen molar-refractivity contribution in [2.24, 2.45) is 11.3 Å². The summed E-state index contributed by atoms with van der Waals surface area (Å²) in [5.41, 5.74) is 3.25. The maximum absolute atomic E-state index is 12.7. The van der Waals surface area contributed by atoms with E-state index in [9.17, 15) is 4.79 Å². The number of ketones is 1. The van der Waals surface area contributed by atoms with E-state index in [-0.39, 0.29) is 5.41 Å². The molecule has 2 atom stereocenters. The Hall–Kier alpha value is 0.0900. The molecule has 0 spiro atoms. The normalized spacial score (nSPS) is 25.1. The van der Waals surface area contributed by atoms with Crippen molar-refractivity contribution >= 4 is 49.1 Å². The number of halogens is 2. The van der Waals surface area contributed by atoms with Crippen LogP contribution >= 0.6 is 37.2 Å². The van der Waals surface area contributed by atoms with E-state index in [1.807, 2.05) is 13.8 Å². The predicted octanol–water partition coefficient (Wildman–Crippen LogP) is 7.59. The van der Waals surface area contributed by atoms with E-state index in [4.69, 9.17) is 0 Å². The third-order valence-electron chi connectivity index (χ3n) is 4.62. The molecule has 1 aliphatic carbocycles. The Morgan fingerprint density at radius 3 is 2.43 bits per heavy atom. The number of aryl methyl sites for hydroxylation is 1. The quantitative estimate of drug-likeness (QED) is 0.279. The molecule has 2 rings (SSSR count). The molecule has 1 fully saturated rings. The summed E-state index contributed by atoms with van der Waals surface area (Å²) < 4.78 is 0. The first-order valence-electron chi connectivity index (χ1n) is 8.43. The van der Waals surface area contributed by atoms with Gasteiger partial charge in [-0.15, -0.1) is 0 Å². The smallest absolute Gasteiger partial charge is 0.164 e. The molecule has 130 valence electrons. The van der Waals surface area contributed by atoms with Crippen LogP contribution in [0.3, 0.4) is 0 Å². The van der Waals surface area contributed by atoms with E-state index in [1.165, 1.54) is 5.56 Å². The molecule has 2 unspecified atom stereocenters. The average molecular weight is 540 g/mol. The van der Waals surface area contributed by atoms with E-state index in [0.717, 1.165) is 30.4 Å². The van der Waals surface area contributed by atoms with Crippen LogP contribution in [0, 0.1) is 18.3 Å². The van der Waals surface area contributed by atoms with Crippen molar-refractivity contribution in [1.82, 2.24) is 0 Å². The summed E-state index contributed by atoms with van der Waals surface area (Å²) in [6, 6.07) is 8.37. The van der Waals surface area contributed by atoms with Gasteiger partial charge in [0.15, 0.2) is 5.78 Å². The van der Waals surface area contributed by atoms with Crippen molar-refractivity contribution in [3.05, 3.63) is 41.0 Å². The van der Waals surface area contributed by atoms with Crippen molar-refractivity contribution in [2.75, 3.05) is 0 Å². The monoisotopic (exact) mass is 540 g/mol. The fourth-order valence-corrected chi connectivity index (χ4v) is 2.86. The van der Waals surface area contributed by atoms with Gasteiger partial charge >= 0.3 is 0 Å². The molecule has 1 aliphatic rings. The van der Waals surface area contributed by atoms with E-state index >= 15 is 0 Å². The topological polar surface area (TPSA) is 17.1 Å². The zero-order valence-corrected chi connectivity index (χ0v) is 19.6. The minimum Gasteiger partial charge on any atom is -0.294 e. The lowest BCUT2D eigenvalue weighted by Gasteiger charge is -2.35. The molecule has 0 bridgehead atoms. The van der Waals surface area contributed by atoms with E-state index in [0.29, 0.717) is 11.7 Å². The Morgan fingerprint density at radius 1 is 1.30 bits per heavy atom. The van der Waals surface area contributed by atoms with Gasteiger partial charge in [0.2, 0.25) is 0 Å². The molecule has 0 aromatic heterocycles. The van der Waals surface area contributed by atoms with E-state index in [2.05, 4.69) is 95.3 Å². The molecule has 23 heavy (non-hydrogen) atoms. The highest BCUT2D eigenvalue weighted by Gasteiger charge is 2.39. The lowest BCUT2D eigenvalue weighted by atomic mass is 9.67. The van der Waals surface area contributed by atoms with Gasteiger partial charge in [-0.25, -0.2) is 0 Å². The molecular weight excluding hydrogens is 510 g/mol. The van der Waals surface area contributed by atoms with Crippen LogP contribution in [0.15, 0.2) is 29.8 Å². The fraction of sp³-hybridized carbons (Fsp3) is 0.550. The molecule has 0 amide bonds. The van der Waals surface area contributed by atoms with E-state index < -0.39 is 0 Å². The molecule has 3 heteroatoms. The summed E-state index contributed by atoms with van der Waals surface area (Å²) in [7, 11) is 0. The Bertz CT molecular complexity index is 522. The SMILES string of the molecule is CC.CCC1(C)CCC(C)/C(=C\c2cccc(C)c2)C1=O.II. The Kier molecular flexibility index (Phi) is 11.7. The summed E-state index contributed by atoms with van der Waals surface area (Å²) in [6.07, 6.45) is 5.18. The Labute approximate surface area is 166 Å². The molecule has 1 nitrogen and oxygen atoms in total. The van der Waals surface area contributed by atoms with E-state index in [1.54, 1.807) is 0 Å². The number of allylic oxidation sites excluding steroid dienone is 1. The van der Waals surface area contributed by atoms with Crippen LogP contribution in [0.5, 0.6) is 0 Å². The highest BCUT2D eigenvalue weighted by Crippen LogP contribution is 2.41. The number of Topliss-reactive ketones (excluding diaryl/α,β-unsaturated/α-hetero) is 1. The first kappa shape index (κ1) is 23.1. The molecule has 1 aromatic rings. The van der Waals surface area contributed by atoms with Gasteiger partial charge in [-0.1, -0.05) is 64.4 Å². The predicted molar refractivity (Wildman–Crippen MR) is 120 cm³/mol. The third kappa shape index (κ3) is 6.48. The van der Waals surface area contributed by atoms with Crippen LogP contribution < -0.4 is 0 Å². The summed E-state index contributed by atoms with van der Waals surface area (Å²) in [6.45, 7) is 12.5. The molecule has 0 aliphatic heterocycles. The van der Waals surface area contributed by atoms with Crippen LogP contribution in [0.1, 0.15) is 65.0 Å². The van der Waals surface area contributed by atoms with Gasteiger partial charge in [-0.05, 0) is 49.3 Å². The molecular formula is C20H30I2O. The Balaban J connectivity index is 0.00000112. The molecule has 0 N–H and O–H groups in total. The van der Waals surface area contributed by atoms with Crippen molar-refractivity contribution in [2.45, 2.75) is 60.8 Å². The summed E-state index contributed by atoms with van der Waals surface area (Å²) >= 11 is 4.24. The number of hydrogen-bond acceptors (Lipinski definition) is 1. The van der Waals surface area contributed by atoms with Gasteiger partial charge in [0.05, 0.1) is 0 Å². The Morgan fingerprint density at radius 2 is 1.91 bits per heavy atom. The second kappa shape index (κ2) is 11.6. The summed E-state index contributed by atoms with van der Waals surface area (Å²) in [4.78, 5) is 12.7. The zero-order chi connectivity index (χ0) is 18.0. The highest BCUT2D eigenvalue weighted by molar-refractivity contribution is 15.0. The number of carbonyl (C=O) groups excluding carboxylic acids is 1. The lowest BCUT2D eigenvalue weighted by Crippen LogP contribution is -2.35. The van der Waals surface area contributed by atoms with Crippen molar-refractivity contribution in [3.8, 4) is 0 Å². The average Bonchev–Trinajstić information content (AvgIpc) is 2.59. The number of hydrogen-bond donors (Lipinski definition) is 0. The van der Waals surface area contributed by atoms with Gasteiger partial charge < -0.3 is 0 Å². The van der Waals surface area contributed by atoms with Gasteiger partial charge in [0.1, 0.15) is 0 Å². The van der Waals surface area contributed by atoms with Crippen molar-refractivity contribution in [1.29, 1.82) is 0 Å². The zero-order valence-electron chi connectivity index (χ0n) is 15.2. The second-order valence-electron chi connectivity index (χ2n) is 6.20. The maximum atomic E-state index is 12.7. The minimum absolute atomic E-state index is 0.151. The first-order chi connectivity index (χ1) is 11.0. The third-order valence-corrected chi connectivity index (χ3v) is 4.62. The summed E-state index contributed by atoms with van der Waals surface area (Å²) in [5.74, 6) is 0.739. The largest absolute Gasteiger partial charge is 0.294 e. The molecule has 0 heterocycles. The molecule has 1 aromatic carbocycles. The van der Waals surface area contributed by atoms with Crippen LogP contribution in [0.25, 0.3) is 6.08 Å². The van der Waals surface area contributed by atoms with Crippen LogP contribution in [-0.4, -0.2) is 5.78 Å². The second-order valence-corrected chi connectivity index (χ2v) is 6.20. The van der Waals surface area contributed by atoms with Crippen LogP contribution in [0.4, 0.5) is 0 Å². The first-order valence-corrected chi connectivity index (χ1v) is 14.7. The van der Waals surface area contributed by atoms with Crippen molar-refractivity contribution < 1.29 is 4.79 Å².